The van der Waals surface area contributed by atoms with Crippen molar-refractivity contribution >= 4 is 5.91 Å². The standard InChI is InChI=1S/C24H28N4O3/c1-16-25-26-23-11-9-20(15-28(16)23)18-6-5-7-19(13-18)24(29)27(2)14-17-8-10-21(30-3)22(12-17)31-4/h5-8,10,12-13,20H,9,11,14-15H2,1-4H3/t20-/m1/s1. The van der Waals surface area contributed by atoms with Crippen LogP contribution in [-0.4, -0.2) is 46.8 Å². The normalized spacial score (nSPS) is 15.3. The molecule has 0 N–H and O–H groups in total. The third kappa shape index (κ3) is 4.26. The summed E-state index contributed by atoms with van der Waals surface area (Å²) in [5.74, 6) is 3.67. The summed E-state index contributed by atoms with van der Waals surface area (Å²) in [6.45, 7) is 3.32. The van der Waals surface area contributed by atoms with E-state index in [0.717, 1.165) is 36.6 Å². The SMILES string of the molecule is COc1ccc(CN(C)C(=O)c2cccc([C@@H]3CCc4nnc(C)n4C3)c2)cc1OC. The molecule has 0 saturated heterocycles. The molecule has 1 aromatic heterocycles. The van der Waals surface area contributed by atoms with Crippen LogP contribution in [0, 0.1) is 6.92 Å². The van der Waals surface area contributed by atoms with Gasteiger partial charge in [-0.1, -0.05) is 18.2 Å². The Morgan fingerprint density at radius 1 is 1.13 bits per heavy atom. The van der Waals surface area contributed by atoms with Crippen LogP contribution in [0.1, 0.15) is 45.5 Å². The average Bonchev–Trinajstić information content (AvgIpc) is 3.18. The minimum atomic E-state index is -0.00592. The van der Waals surface area contributed by atoms with Crippen LogP contribution >= 0.6 is 0 Å². The number of aryl methyl sites for hydroxylation is 2. The first-order valence-corrected chi connectivity index (χ1v) is 10.4. The second kappa shape index (κ2) is 8.79. The Labute approximate surface area is 182 Å². The Morgan fingerprint density at radius 2 is 1.94 bits per heavy atom. The van der Waals surface area contributed by atoms with Crippen LogP contribution < -0.4 is 9.47 Å². The van der Waals surface area contributed by atoms with E-state index in [0.29, 0.717) is 29.5 Å². The number of carbonyl (C=O) groups is 1. The summed E-state index contributed by atoms with van der Waals surface area (Å²) < 4.78 is 12.9. The molecule has 1 aliphatic heterocycles. The zero-order valence-corrected chi connectivity index (χ0v) is 18.5. The molecule has 4 rings (SSSR count). The number of hydrogen-bond acceptors (Lipinski definition) is 5. The highest BCUT2D eigenvalue weighted by Gasteiger charge is 2.24. The lowest BCUT2D eigenvalue weighted by Gasteiger charge is -2.25. The highest BCUT2D eigenvalue weighted by Crippen LogP contribution is 2.30. The number of amides is 1. The van der Waals surface area contributed by atoms with Crippen LogP contribution in [0.15, 0.2) is 42.5 Å². The van der Waals surface area contributed by atoms with Gasteiger partial charge in [0.05, 0.1) is 14.2 Å². The fourth-order valence-corrected chi connectivity index (χ4v) is 4.21. The number of methoxy groups -OCH3 is 2. The first-order valence-electron chi connectivity index (χ1n) is 10.4. The van der Waals surface area contributed by atoms with Crippen molar-refractivity contribution in [2.24, 2.45) is 0 Å². The number of ether oxygens (including phenoxy) is 2. The molecule has 1 aliphatic rings. The highest BCUT2D eigenvalue weighted by molar-refractivity contribution is 5.94. The van der Waals surface area contributed by atoms with E-state index in [4.69, 9.17) is 9.47 Å². The van der Waals surface area contributed by atoms with Crippen LogP contribution in [0.4, 0.5) is 0 Å². The maximum absolute atomic E-state index is 13.1. The lowest BCUT2D eigenvalue weighted by Crippen LogP contribution is -2.26. The molecular weight excluding hydrogens is 392 g/mol. The maximum Gasteiger partial charge on any atom is 0.253 e. The molecular formula is C24H28N4O3. The van der Waals surface area contributed by atoms with Crippen LogP contribution in [-0.2, 0) is 19.5 Å². The smallest absolute Gasteiger partial charge is 0.253 e. The van der Waals surface area contributed by atoms with Gasteiger partial charge >= 0.3 is 0 Å². The minimum Gasteiger partial charge on any atom is -0.493 e. The highest BCUT2D eigenvalue weighted by atomic mass is 16.5. The summed E-state index contributed by atoms with van der Waals surface area (Å²) in [4.78, 5) is 14.8. The van der Waals surface area contributed by atoms with Crippen molar-refractivity contribution in [3.8, 4) is 11.5 Å². The zero-order chi connectivity index (χ0) is 22.0. The summed E-state index contributed by atoms with van der Waals surface area (Å²) in [7, 11) is 5.04. The van der Waals surface area contributed by atoms with Gasteiger partial charge < -0.3 is 18.9 Å². The van der Waals surface area contributed by atoms with E-state index in [-0.39, 0.29) is 5.91 Å². The van der Waals surface area contributed by atoms with E-state index in [2.05, 4.69) is 20.8 Å². The zero-order valence-electron chi connectivity index (χ0n) is 18.5. The molecule has 0 saturated carbocycles. The molecule has 0 aliphatic carbocycles. The third-order valence-corrected chi connectivity index (χ3v) is 5.95. The molecule has 1 atom stereocenters. The molecule has 0 bridgehead atoms. The lowest BCUT2D eigenvalue weighted by atomic mass is 9.90. The van der Waals surface area contributed by atoms with Gasteiger partial charge in [0.15, 0.2) is 11.5 Å². The molecule has 0 fully saturated rings. The van der Waals surface area contributed by atoms with Crippen molar-refractivity contribution in [3.63, 3.8) is 0 Å². The predicted octanol–water partition coefficient (Wildman–Crippen LogP) is 3.61. The van der Waals surface area contributed by atoms with Gasteiger partial charge in [0.1, 0.15) is 11.6 Å². The number of hydrogen-bond donors (Lipinski definition) is 0. The van der Waals surface area contributed by atoms with E-state index in [1.807, 2.05) is 50.4 Å². The topological polar surface area (TPSA) is 69.5 Å². The maximum atomic E-state index is 13.1. The number of fused-ring (bicyclic) bond motifs is 1. The van der Waals surface area contributed by atoms with E-state index in [9.17, 15) is 4.79 Å². The van der Waals surface area contributed by atoms with Crippen LogP contribution in [0.5, 0.6) is 11.5 Å². The monoisotopic (exact) mass is 420 g/mol. The molecule has 3 aromatic rings. The van der Waals surface area contributed by atoms with Gasteiger partial charge in [-0.3, -0.25) is 4.79 Å². The second-order valence-corrected chi connectivity index (χ2v) is 7.99. The summed E-state index contributed by atoms with van der Waals surface area (Å²) in [5.41, 5.74) is 2.86. The molecule has 7 nitrogen and oxygen atoms in total. The lowest BCUT2D eigenvalue weighted by molar-refractivity contribution is 0.0785. The molecule has 2 heterocycles. The Morgan fingerprint density at radius 3 is 2.71 bits per heavy atom. The summed E-state index contributed by atoms with van der Waals surface area (Å²) in [5, 5.41) is 8.45. The minimum absolute atomic E-state index is 0.00592. The number of benzene rings is 2. The van der Waals surface area contributed by atoms with Gasteiger partial charge in [0.2, 0.25) is 0 Å². The van der Waals surface area contributed by atoms with E-state index >= 15 is 0 Å². The van der Waals surface area contributed by atoms with Gasteiger partial charge in [-0.15, -0.1) is 10.2 Å². The van der Waals surface area contributed by atoms with Crippen LogP contribution in [0.3, 0.4) is 0 Å². The third-order valence-electron chi connectivity index (χ3n) is 5.95. The molecule has 1 amide bonds. The van der Waals surface area contributed by atoms with Crippen molar-refractivity contribution in [1.29, 1.82) is 0 Å². The largest absolute Gasteiger partial charge is 0.493 e. The summed E-state index contributed by atoms with van der Waals surface area (Å²) in [6.07, 6.45) is 1.92. The number of carbonyl (C=O) groups excluding carboxylic acids is 1. The van der Waals surface area contributed by atoms with E-state index < -0.39 is 0 Å². The van der Waals surface area contributed by atoms with Crippen molar-refractivity contribution < 1.29 is 14.3 Å². The van der Waals surface area contributed by atoms with Crippen LogP contribution in [0.25, 0.3) is 0 Å². The number of rotatable bonds is 6. The van der Waals surface area contributed by atoms with Crippen molar-refractivity contribution in [3.05, 3.63) is 70.8 Å². The van der Waals surface area contributed by atoms with Gasteiger partial charge in [-0.25, -0.2) is 0 Å². The molecule has 0 unspecified atom stereocenters. The second-order valence-electron chi connectivity index (χ2n) is 7.99. The van der Waals surface area contributed by atoms with Crippen LogP contribution in [0.2, 0.25) is 0 Å². The Balaban J connectivity index is 1.49. The molecule has 0 radical (unpaired) electrons. The summed E-state index contributed by atoms with van der Waals surface area (Å²) >= 11 is 0. The van der Waals surface area contributed by atoms with Gasteiger partial charge in [-0.2, -0.15) is 0 Å². The summed E-state index contributed by atoms with van der Waals surface area (Å²) in [6, 6.07) is 13.7. The first kappa shape index (κ1) is 20.9. The Bertz CT molecular complexity index is 1090. The van der Waals surface area contributed by atoms with Gasteiger partial charge in [0, 0.05) is 38.0 Å². The number of nitrogens with zero attached hydrogens (tertiary/aromatic N) is 4. The quantitative estimate of drug-likeness (QED) is 0.609. The number of aromatic nitrogens is 3. The average molecular weight is 421 g/mol. The van der Waals surface area contributed by atoms with E-state index in [1.54, 1.807) is 19.1 Å². The predicted molar refractivity (Wildman–Crippen MR) is 118 cm³/mol. The van der Waals surface area contributed by atoms with Gasteiger partial charge in [0.25, 0.3) is 5.91 Å². The molecule has 162 valence electrons. The Hall–Kier alpha value is -3.35. The molecule has 7 heteroatoms. The fraction of sp³-hybridized carbons (Fsp3) is 0.375. The van der Waals surface area contributed by atoms with E-state index in [1.165, 1.54) is 5.56 Å². The molecule has 0 spiro atoms. The first-order chi connectivity index (χ1) is 15.0. The van der Waals surface area contributed by atoms with Crippen molar-refractivity contribution in [2.45, 2.75) is 38.8 Å². The van der Waals surface area contributed by atoms with Crippen molar-refractivity contribution in [1.82, 2.24) is 19.7 Å². The molecule has 2 aromatic carbocycles. The molecule has 31 heavy (non-hydrogen) atoms. The Kier molecular flexibility index (Phi) is 5.93. The van der Waals surface area contributed by atoms with Crippen molar-refractivity contribution in [2.75, 3.05) is 21.3 Å². The fourth-order valence-electron chi connectivity index (χ4n) is 4.21. The van der Waals surface area contributed by atoms with Gasteiger partial charge in [-0.05, 0) is 48.7 Å².